The molecule has 158 valence electrons. The Labute approximate surface area is 169 Å². The van der Waals surface area contributed by atoms with Crippen LogP contribution in [0.5, 0.6) is 11.5 Å². The quantitative estimate of drug-likeness (QED) is 0.445. The third kappa shape index (κ3) is 6.03. The normalized spacial score (nSPS) is 10.8. The highest BCUT2D eigenvalue weighted by Gasteiger charge is 2.18. The van der Waals surface area contributed by atoms with Crippen LogP contribution in [0.4, 0.5) is 0 Å². The number of carbonyl (C=O) groups is 2. The third-order valence-corrected chi connectivity index (χ3v) is 4.24. The number of benzene rings is 1. The van der Waals surface area contributed by atoms with Crippen LogP contribution in [-0.2, 0) is 25.5 Å². The van der Waals surface area contributed by atoms with E-state index in [0.29, 0.717) is 34.4 Å². The number of hydrogen-bond donors (Lipinski definition) is 1. The van der Waals surface area contributed by atoms with Gasteiger partial charge in [-0.3, -0.25) is 9.59 Å². The van der Waals surface area contributed by atoms with Crippen LogP contribution in [0.3, 0.4) is 0 Å². The SMILES string of the molecule is COc1ccc(-c2nc(CC(=O)CC(=O)NCC(OC)OC)c(C)o2)cc1OC. The Hall–Kier alpha value is -2.91. The number of methoxy groups -OCH3 is 4. The highest BCUT2D eigenvalue weighted by Crippen LogP contribution is 2.32. The molecule has 1 heterocycles. The van der Waals surface area contributed by atoms with E-state index in [1.54, 1.807) is 39.3 Å². The van der Waals surface area contributed by atoms with Gasteiger partial charge in [-0.2, -0.15) is 0 Å². The molecule has 0 aliphatic heterocycles. The second-order valence-electron chi connectivity index (χ2n) is 6.19. The zero-order chi connectivity index (χ0) is 21.4. The average Bonchev–Trinajstić information content (AvgIpc) is 3.08. The standard InChI is InChI=1S/C20H26N2O7/c1-12-15(9-14(23)10-18(24)21-11-19(27-4)28-5)22-20(29-12)13-6-7-16(25-2)17(8-13)26-3/h6-8,19H,9-11H2,1-5H3,(H,21,24). The fourth-order valence-electron chi connectivity index (χ4n) is 2.64. The molecule has 2 aromatic rings. The number of ketones is 1. The van der Waals surface area contributed by atoms with Crippen LogP contribution in [0.2, 0.25) is 0 Å². The molecule has 29 heavy (non-hydrogen) atoms. The van der Waals surface area contributed by atoms with E-state index in [1.807, 2.05) is 0 Å². The maximum Gasteiger partial charge on any atom is 0.227 e. The third-order valence-electron chi connectivity index (χ3n) is 4.24. The monoisotopic (exact) mass is 406 g/mol. The minimum atomic E-state index is -0.559. The fraction of sp³-hybridized carbons (Fsp3) is 0.450. The zero-order valence-corrected chi connectivity index (χ0v) is 17.2. The summed E-state index contributed by atoms with van der Waals surface area (Å²) in [6, 6.07) is 5.27. The Morgan fingerprint density at radius 3 is 2.41 bits per heavy atom. The molecule has 0 spiro atoms. The minimum absolute atomic E-state index is 0.00593. The summed E-state index contributed by atoms with van der Waals surface area (Å²) in [5.41, 5.74) is 1.17. The van der Waals surface area contributed by atoms with Crippen molar-refractivity contribution in [2.75, 3.05) is 35.0 Å². The molecule has 9 nitrogen and oxygen atoms in total. The number of hydrogen-bond acceptors (Lipinski definition) is 8. The lowest BCUT2D eigenvalue weighted by molar-refractivity contribution is -0.131. The summed E-state index contributed by atoms with van der Waals surface area (Å²) in [5, 5.41) is 2.59. The molecule has 1 N–H and O–H groups in total. The summed E-state index contributed by atoms with van der Waals surface area (Å²) in [4.78, 5) is 28.6. The zero-order valence-electron chi connectivity index (χ0n) is 17.2. The first-order chi connectivity index (χ1) is 13.9. The summed E-state index contributed by atoms with van der Waals surface area (Å²) >= 11 is 0. The first kappa shape index (κ1) is 22.4. The maximum atomic E-state index is 12.2. The molecular formula is C20H26N2O7. The summed E-state index contributed by atoms with van der Waals surface area (Å²) < 4.78 is 26.2. The van der Waals surface area contributed by atoms with E-state index in [2.05, 4.69) is 10.3 Å². The number of ether oxygens (including phenoxy) is 4. The molecule has 1 aromatic heterocycles. The number of amides is 1. The van der Waals surface area contributed by atoms with Gasteiger partial charge in [0, 0.05) is 19.8 Å². The predicted molar refractivity (Wildman–Crippen MR) is 104 cm³/mol. The number of nitrogens with one attached hydrogen (secondary N) is 1. The largest absolute Gasteiger partial charge is 0.493 e. The molecule has 0 atom stereocenters. The molecule has 0 aliphatic rings. The van der Waals surface area contributed by atoms with Gasteiger partial charge in [-0.25, -0.2) is 4.98 Å². The van der Waals surface area contributed by atoms with E-state index in [9.17, 15) is 9.59 Å². The number of nitrogens with zero attached hydrogens (tertiary/aromatic N) is 1. The number of oxazole rings is 1. The minimum Gasteiger partial charge on any atom is -0.493 e. The van der Waals surface area contributed by atoms with E-state index < -0.39 is 12.2 Å². The van der Waals surface area contributed by atoms with Crippen LogP contribution in [0.25, 0.3) is 11.5 Å². The summed E-state index contributed by atoms with van der Waals surface area (Å²) in [7, 11) is 6.03. The van der Waals surface area contributed by atoms with Crippen molar-refractivity contribution in [3.05, 3.63) is 29.7 Å². The molecule has 0 saturated carbocycles. The lowest BCUT2D eigenvalue weighted by atomic mass is 10.1. The maximum absolute atomic E-state index is 12.2. The Kier molecular flexibility index (Phi) is 8.17. The van der Waals surface area contributed by atoms with Crippen LogP contribution in [-0.4, -0.2) is 57.9 Å². The van der Waals surface area contributed by atoms with Gasteiger partial charge in [0.2, 0.25) is 11.8 Å². The molecule has 0 unspecified atom stereocenters. The molecule has 0 saturated heterocycles. The molecule has 1 amide bonds. The topological polar surface area (TPSA) is 109 Å². The highest BCUT2D eigenvalue weighted by atomic mass is 16.7. The predicted octanol–water partition coefficient (Wildman–Crippen LogP) is 1.90. The number of carbonyl (C=O) groups excluding carboxylic acids is 2. The van der Waals surface area contributed by atoms with Gasteiger partial charge in [0.25, 0.3) is 0 Å². The number of Topliss-reactive ketones (excluding diaryl/α,β-unsaturated/α-hetero) is 1. The second-order valence-corrected chi connectivity index (χ2v) is 6.19. The van der Waals surface area contributed by atoms with Crippen molar-refractivity contribution in [1.29, 1.82) is 0 Å². The van der Waals surface area contributed by atoms with Crippen molar-refractivity contribution in [2.24, 2.45) is 0 Å². The van der Waals surface area contributed by atoms with Crippen LogP contribution in [0, 0.1) is 6.92 Å². The summed E-state index contributed by atoms with van der Waals surface area (Å²) in [6.45, 7) is 1.88. The fourth-order valence-corrected chi connectivity index (χ4v) is 2.64. The van der Waals surface area contributed by atoms with Gasteiger partial charge in [0.05, 0.1) is 39.3 Å². The molecule has 0 fully saturated rings. The number of aromatic nitrogens is 1. The van der Waals surface area contributed by atoms with E-state index in [-0.39, 0.29) is 25.2 Å². The highest BCUT2D eigenvalue weighted by molar-refractivity contribution is 5.98. The van der Waals surface area contributed by atoms with E-state index >= 15 is 0 Å². The van der Waals surface area contributed by atoms with Crippen molar-refractivity contribution in [3.8, 4) is 23.0 Å². The summed E-state index contributed by atoms with van der Waals surface area (Å²) in [6.07, 6.45) is -0.831. The van der Waals surface area contributed by atoms with Gasteiger partial charge in [-0.15, -0.1) is 0 Å². The van der Waals surface area contributed by atoms with Gasteiger partial charge in [0.1, 0.15) is 11.5 Å². The lowest BCUT2D eigenvalue weighted by Crippen LogP contribution is -2.35. The van der Waals surface area contributed by atoms with E-state index in [4.69, 9.17) is 23.4 Å². The Bertz CT molecular complexity index is 843. The van der Waals surface area contributed by atoms with Crippen LogP contribution >= 0.6 is 0 Å². The van der Waals surface area contributed by atoms with Crippen molar-refractivity contribution >= 4 is 11.7 Å². The summed E-state index contributed by atoms with van der Waals surface area (Å²) in [5.74, 6) is 1.33. The van der Waals surface area contributed by atoms with Crippen LogP contribution < -0.4 is 14.8 Å². The Morgan fingerprint density at radius 2 is 1.79 bits per heavy atom. The second kappa shape index (κ2) is 10.6. The van der Waals surface area contributed by atoms with Gasteiger partial charge in [-0.1, -0.05) is 0 Å². The molecular weight excluding hydrogens is 380 g/mol. The molecule has 9 heteroatoms. The first-order valence-electron chi connectivity index (χ1n) is 8.94. The van der Waals surface area contributed by atoms with Crippen molar-refractivity contribution < 1.29 is 33.0 Å². The van der Waals surface area contributed by atoms with E-state index in [1.165, 1.54) is 14.2 Å². The van der Waals surface area contributed by atoms with E-state index in [0.717, 1.165) is 0 Å². The molecule has 2 rings (SSSR count). The van der Waals surface area contributed by atoms with Gasteiger partial charge in [0.15, 0.2) is 17.8 Å². The Balaban J connectivity index is 2.01. The van der Waals surface area contributed by atoms with Gasteiger partial charge < -0.3 is 28.7 Å². The molecule has 1 aromatic carbocycles. The first-order valence-corrected chi connectivity index (χ1v) is 8.94. The van der Waals surface area contributed by atoms with Crippen molar-refractivity contribution in [1.82, 2.24) is 10.3 Å². The van der Waals surface area contributed by atoms with Crippen LogP contribution in [0.15, 0.2) is 22.6 Å². The Morgan fingerprint density at radius 1 is 1.10 bits per heavy atom. The van der Waals surface area contributed by atoms with Crippen molar-refractivity contribution in [2.45, 2.75) is 26.1 Å². The van der Waals surface area contributed by atoms with Gasteiger partial charge >= 0.3 is 0 Å². The number of aryl methyl sites for hydroxylation is 1. The smallest absolute Gasteiger partial charge is 0.227 e. The average molecular weight is 406 g/mol. The molecule has 0 bridgehead atoms. The molecule has 0 radical (unpaired) electrons. The van der Waals surface area contributed by atoms with Crippen LogP contribution in [0.1, 0.15) is 17.9 Å². The lowest BCUT2D eigenvalue weighted by Gasteiger charge is -2.13. The molecule has 0 aliphatic carbocycles. The van der Waals surface area contributed by atoms with Gasteiger partial charge in [-0.05, 0) is 25.1 Å². The van der Waals surface area contributed by atoms with Crippen molar-refractivity contribution in [3.63, 3.8) is 0 Å². The number of rotatable bonds is 11.